The van der Waals surface area contributed by atoms with Gasteiger partial charge in [0.15, 0.2) is 0 Å². The standard InChI is InChI=1S/C24H50O/c1-18(2)14-22(7)16-20(5)10-12-24(9,25)13-11-21(6)17-23(8)15-19(3)4/h18-23,25H,10-17H2,1-9H3. The van der Waals surface area contributed by atoms with Crippen molar-refractivity contribution in [1.29, 1.82) is 0 Å². The van der Waals surface area contributed by atoms with Gasteiger partial charge in [-0.1, -0.05) is 55.4 Å². The van der Waals surface area contributed by atoms with E-state index in [1.165, 1.54) is 25.7 Å². The highest BCUT2D eigenvalue weighted by molar-refractivity contribution is 4.76. The number of hydrogen-bond donors (Lipinski definition) is 1. The second-order valence-electron chi connectivity index (χ2n) is 10.7. The molecule has 0 aromatic rings. The molecule has 1 heteroatoms. The van der Waals surface area contributed by atoms with Crippen LogP contribution >= 0.6 is 0 Å². The molecule has 0 saturated carbocycles. The van der Waals surface area contributed by atoms with Gasteiger partial charge in [0, 0.05) is 0 Å². The normalized spacial score (nSPS) is 19.7. The lowest BCUT2D eigenvalue weighted by Gasteiger charge is -2.28. The zero-order chi connectivity index (χ0) is 19.6. The third-order valence-corrected chi connectivity index (χ3v) is 5.71. The summed E-state index contributed by atoms with van der Waals surface area (Å²) in [4.78, 5) is 0. The van der Waals surface area contributed by atoms with Crippen molar-refractivity contribution >= 4 is 0 Å². The van der Waals surface area contributed by atoms with Crippen molar-refractivity contribution in [3.8, 4) is 0 Å². The van der Waals surface area contributed by atoms with Crippen molar-refractivity contribution < 1.29 is 5.11 Å². The number of rotatable bonds is 14. The van der Waals surface area contributed by atoms with Crippen LogP contribution in [0.25, 0.3) is 0 Å². The van der Waals surface area contributed by atoms with Gasteiger partial charge in [0.25, 0.3) is 0 Å². The van der Waals surface area contributed by atoms with Gasteiger partial charge in [-0.3, -0.25) is 0 Å². The number of aliphatic hydroxyl groups is 1. The Morgan fingerprint density at radius 3 is 1.16 bits per heavy atom. The Bertz CT molecular complexity index is 288. The molecule has 152 valence electrons. The maximum absolute atomic E-state index is 10.8. The highest BCUT2D eigenvalue weighted by Gasteiger charge is 2.23. The van der Waals surface area contributed by atoms with Crippen LogP contribution in [0.15, 0.2) is 0 Å². The first-order valence-electron chi connectivity index (χ1n) is 11.1. The molecule has 0 heterocycles. The van der Waals surface area contributed by atoms with Crippen LogP contribution in [0.4, 0.5) is 0 Å². The highest BCUT2D eigenvalue weighted by atomic mass is 16.3. The molecular formula is C24H50O. The second kappa shape index (κ2) is 12.4. The minimum Gasteiger partial charge on any atom is -0.390 e. The van der Waals surface area contributed by atoms with Crippen molar-refractivity contribution in [2.75, 3.05) is 0 Å². The smallest absolute Gasteiger partial charge is 0.0620 e. The molecule has 1 nitrogen and oxygen atoms in total. The van der Waals surface area contributed by atoms with Crippen LogP contribution in [0, 0.1) is 35.5 Å². The maximum Gasteiger partial charge on any atom is 0.0620 e. The van der Waals surface area contributed by atoms with Crippen molar-refractivity contribution in [2.45, 2.75) is 119 Å². The highest BCUT2D eigenvalue weighted by Crippen LogP contribution is 2.29. The van der Waals surface area contributed by atoms with Gasteiger partial charge in [-0.2, -0.15) is 0 Å². The largest absolute Gasteiger partial charge is 0.390 e. The fraction of sp³-hybridized carbons (Fsp3) is 1.00. The summed E-state index contributed by atoms with van der Waals surface area (Å²) in [7, 11) is 0. The van der Waals surface area contributed by atoms with E-state index in [1.807, 2.05) is 0 Å². The molecule has 0 saturated heterocycles. The summed E-state index contributed by atoms with van der Waals surface area (Å²) < 4.78 is 0. The van der Waals surface area contributed by atoms with Gasteiger partial charge in [-0.25, -0.2) is 0 Å². The first-order chi connectivity index (χ1) is 11.4. The quantitative estimate of drug-likeness (QED) is 0.338. The van der Waals surface area contributed by atoms with E-state index in [2.05, 4.69) is 62.3 Å². The van der Waals surface area contributed by atoms with Crippen LogP contribution in [0.1, 0.15) is 114 Å². The SMILES string of the molecule is CC(C)CC(C)CC(C)CCC(C)(O)CCC(C)CC(C)CC(C)C. The van der Waals surface area contributed by atoms with Gasteiger partial charge < -0.3 is 5.11 Å². The first-order valence-corrected chi connectivity index (χ1v) is 11.1. The average Bonchev–Trinajstić information content (AvgIpc) is 2.41. The minimum atomic E-state index is -0.481. The van der Waals surface area contributed by atoms with Gasteiger partial charge in [0.05, 0.1) is 5.60 Å². The summed E-state index contributed by atoms with van der Waals surface area (Å²) in [6.07, 6.45) is 9.49. The summed E-state index contributed by atoms with van der Waals surface area (Å²) >= 11 is 0. The van der Waals surface area contributed by atoms with Crippen molar-refractivity contribution in [2.24, 2.45) is 35.5 Å². The lowest BCUT2D eigenvalue weighted by molar-refractivity contribution is 0.0284. The molecule has 0 aliphatic heterocycles. The first kappa shape index (κ1) is 25.0. The van der Waals surface area contributed by atoms with E-state index in [4.69, 9.17) is 0 Å². The molecule has 0 spiro atoms. The Morgan fingerprint density at radius 2 is 0.880 bits per heavy atom. The van der Waals surface area contributed by atoms with Crippen LogP contribution in [-0.4, -0.2) is 10.7 Å². The third-order valence-electron chi connectivity index (χ3n) is 5.71. The lowest BCUT2D eigenvalue weighted by atomic mass is 9.82. The Kier molecular flexibility index (Phi) is 12.3. The van der Waals surface area contributed by atoms with Gasteiger partial charge >= 0.3 is 0 Å². The molecular weight excluding hydrogens is 304 g/mol. The van der Waals surface area contributed by atoms with Crippen molar-refractivity contribution in [3.63, 3.8) is 0 Å². The number of hydrogen-bond acceptors (Lipinski definition) is 1. The zero-order valence-electron chi connectivity index (χ0n) is 19.1. The molecule has 0 radical (unpaired) electrons. The van der Waals surface area contributed by atoms with E-state index in [0.717, 1.165) is 61.2 Å². The molecule has 4 unspecified atom stereocenters. The zero-order valence-corrected chi connectivity index (χ0v) is 19.1. The Hall–Kier alpha value is -0.0400. The van der Waals surface area contributed by atoms with Crippen molar-refractivity contribution in [3.05, 3.63) is 0 Å². The van der Waals surface area contributed by atoms with Gasteiger partial charge in [-0.15, -0.1) is 0 Å². The summed E-state index contributed by atoms with van der Waals surface area (Å²) in [5, 5.41) is 10.8. The molecule has 4 atom stereocenters. The molecule has 25 heavy (non-hydrogen) atoms. The van der Waals surface area contributed by atoms with E-state index < -0.39 is 5.60 Å². The summed E-state index contributed by atoms with van der Waals surface area (Å²) in [6, 6.07) is 0. The predicted molar refractivity (Wildman–Crippen MR) is 114 cm³/mol. The van der Waals surface area contributed by atoms with Crippen LogP contribution in [0.5, 0.6) is 0 Å². The molecule has 0 rings (SSSR count). The Balaban J connectivity index is 4.06. The Labute approximate surface area is 160 Å². The summed E-state index contributed by atoms with van der Waals surface area (Å²) in [5.41, 5.74) is -0.481. The molecule has 0 aliphatic rings. The summed E-state index contributed by atoms with van der Waals surface area (Å²) in [6.45, 7) is 20.8. The molecule has 0 fully saturated rings. The van der Waals surface area contributed by atoms with E-state index in [-0.39, 0.29) is 0 Å². The van der Waals surface area contributed by atoms with Gasteiger partial charge in [0.2, 0.25) is 0 Å². The topological polar surface area (TPSA) is 20.2 Å². The lowest BCUT2D eigenvalue weighted by Crippen LogP contribution is -2.26. The molecule has 0 aliphatic carbocycles. The fourth-order valence-electron chi connectivity index (χ4n) is 4.65. The molecule has 0 aromatic heterocycles. The molecule has 0 bridgehead atoms. The monoisotopic (exact) mass is 354 g/mol. The van der Waals surface area contributed by atoms with E-state index in [1.54, 1.807) is 0 Å². The van der Waals surface area contributed by atoms with Crippen LogP contribution in [-0.2, 0) is 0 Å². The molecule has 0 aromatic carbocycles. The molecule has 1 N–H and O–H groups in total. The second-order valence-corrected chi connectivity index (χ2v) is 10.7. The predicted octanol–water partition coefficient (Wildman–Crippen LogP) is 7.71. The third kappa shape index (κ3) is 14.8. The van der Waals surface area contributed by atoms with Crippen LogP contribution in [0.3, 0.4) is 0 Å². The van der Waals surface area contributed by atoms with Gasteiger partial charge in [0.1, 0.15) is 0 Å². The Morgan fingerprint density at radius 1 is 0.560 bits per heavy atom. The van der Waals surface area contributed by atoms with Crippen LogP contribution in [0.2, 0.25) is 0 Å². The average molecular weight is 355 g/mol. The van der Waals surface area contributed by atoms with Gasteiger partial charge in [-0.05, 0) is 93.8 Å². The minimum absolute atomic E-state index is 0.481. The molecule has 0 amide bonds. The summed E-state index contributed by atoms with van der Waals surface area (Å²) in [5.74, 6) is 4.66. The van der Waals surface area contributed by atoms with E-state index in [9.17, 15) is 5.11 Å². The van der Waals surface area contributed by atoms with E-state index in [0.29, 0.717) is 0 Å². The van der Waals surface area contributed by atoms with Crippen molar-refractivity contribution in [1.82, 2.24) is 0 Å². The maximum atomic E-state index is 10.8. The fourth-order valence-corrected chi connectivity index (χ4v) is 4.65. The van der Waals surface area contributed by atoms with Crippen LogP contribution < -0.4 is 0 Å². The van der Waals surface area contributed by atoms with E-state index >= 15 is 0 Å².